The van der Waals surface area contributed by atoms with Crippen molar-refractivity contribution in [3.05, 3.63) is 58.2 Å². The van der Waals surface area contributed by atoms with E-state index in [1.54, 1.807) is 6.92 Å². The number of nitrogens with one attached hydrogen (secondary N) is 1. The molecule has 3 rings (SSSR count). The first-order valence-electron chi connectivity index (χ1n) is 9.99. The zero-order valence-corrected chi connectivity index (χ0v) is 18.6. The first-order chi connectivity index (χ1) is 14.5. The van der Waals surface area contributed by atoms with Crippen LogP contribution in [0.1, 0.15) is 26.2 Å². The number of carbonyl (C=O) groups is 1. The van der Waals surface area contributed by atoms with Gasteiger partial charge in [-0.1, -0.05) is 41.6 Å². The van der Waals surface area contributed by atoms with E-state index in [-0.39, 0.29) is 17.3 Å². The van der Waals surface area contributed by atoms with E-state index in [4.69, 9.17) is 27.9 Å². The fourth-order valence-corrected chi connectivity index (χ4v) is 4.48. The Hall–Kier alpha value is -2.35. The van der Waals surface area contributed by atoms with Crippen LogP contribution in [0.15, 0.2) is 58.1 Å². The number of thioether (sulfide) groups is 1. The predicted molar refractivity (Wildman–Crippen MR) is 124 cm³/mol. The monoisotopic (exact) mass is 446 g/mol. The SMILES string of the molecule is CCOC(=O)/C(NN)=C(/N)Sc1ccc(-c2ccc(N3CCCCC3)c(Cl)c2)cc1. The van der Waals surface area contributed by atoms with Crippen LogP contribution in [0, 0.1) is 0 Å². The molecule has 0 spiro atoms. The largest absolute Gasteiger partial charge is 0.461 e. The standard InChI is InChI=1S/C22H27ClN4O2S/c1-2-29-22(28)20(26-25)21(24)30-17-9-6-15(7-10-17)16-8-11-19(18(23)14-16)27-12-4-3-5-13-27/h6-11,14,26H,2-5,12-13,24-25H2,1H3/b21-20+. The summed E-state index contributed by atoms with van der Waals surface area (Å²) < 4.78 is 4.95. The molecule has 0 radical (unpaired) electrons. The number of benzene rings is 2. The molecule has 5 N–H and O–H groups in total. The number of halogens is 1. The number of anilines is 1. The smallest absolute Gasteiger partial charge is 0.358 e. The van der Waals surface area contributed by atoms with Crippen molar-refractivity contribution in [2.75, 3.05) is 24.6 Å². The van der Waals surface area contributed by atoms with Crippen molar-refractivity contribution in [2.24, 2.45) is 11.6 Å². The minimum atomic E-state index is -0.579. The second kappa shape index (κ2) is 10.6. The van der Waals surface area contributed by atoms with Crippen LogP contribution in [0.3, 0.4) is 0 Å². The molecule has 1 fully saturated rings. The first kappa shape index (κ1) is 22.3. The summed E-state index contributed by atoms with van der Waals surface area (Å²) in [6, 6.07) is 14.1. The molecule has 1 heterocycles. The van der Waals surface area contributed by atoms with Crippen LogP contribution in [0.25, 0.3) is 11.1 Å². The van der Waals surface area contributed by atoms with E-state index < -0.39 is 5.97 Å². The van der Waals surface area contributed by atoms with Crippen molar-refractivity contribution < 1.29 is 9.53 Å². The quantitative estimate of drug-likeness (QED) is 0.192. The summed E-state index contributed by atoms with van der Waals surface area (Å²) in [7, 11) is 0. The van der Waals surface area contributed by atoms with Crippen molar-refractivity contribution >= 4 is 35.0 Å². The second-order valence-electron chi connectivity index (χ2n) is 6.94. The maximum atomic E-state index is 11.9. The fourth-order valence-electron chi connectivity index (χ4n) is 3.41. The minimum absolute atomic E-state index is 0.0472. The zero-order valence-electron chi connectivity index (χ0n) is 17.0. The average Bonchev–Trinajstić information content (AvgIpc) is 2.75. The molecular formula is C22H27ClN4O2S. The lowest BCUT2D eigenvalue weighted by Crippen LogP contribution is -2.30. The summed E-state index contributed by atoms with van der Waals surface area (Å²) >= 11 is 7.83. The maximum Gasteiger partial charge on any atom is 0.358 e. The summed E-state index contributed by atoms with van der Waals surface area (Å²) in [5.74, 6) is 4.84. The number of nitrogens with zero attached hydrogens (tertiary/aromatic N) is 1. The van der Waals surface area contributed by atoms with Gasteiger partial charge >= 0.3 is 5.97 Å². The van der Waals surface area contributed by atoms with E-state index in [1.807, 2.05) is 30.3 Å². The molecule has 8 heteroatoms. The number of ether oxygens (including phenoxy) is 1. The summed E-state index contributed by atoms with van der Waals surface area (Å²) in [6.07, 6.45) is 3.72. The molecule has 2 aromatic carbocycles. The number of piperidine rings is 1. The van der Waals surface area contributed by atoms with Gasteiger partial charge in [0.05, 0.1) is 17.3 Å². The van der Waals surface area contributed by atoms with Crippen molar-refractivity contribution in [2.45, 2.75) is 31.1 Å². The van der Waals surface area contributed by atoms with Gasteiger partial charge in [0.15, 0.2) is 5.70 Å². The van der Waals surface area contributed by atoms with Gasteiger partial charge in [0.1, 0.15) is 5.03 Å². The van der Waals surface area contributed by atoms with Crippen molar-refractivity contribution in [1.82, 2.24) is 5.43 Å². The topological polar surface area (TPSA) is 93.6 Å². The van der Waals surface area contributed by atoms with Gasteiger partial charge in [0.25, 0.3) is 0 Å². The molecule has 0 aliphatic carbocycles. The van der Waals surface area contributed by atoms with E-state index in [2.05, 4.69) is 22.5 Å². The Labute approximate surface area is 186 Å². The third kappa shape index (κ3) is 5.41. The van der Waals surface area contributed by atoms with Crippen LogP contribution in [-0.2, 0) is 9.53 Å². The number of hydrogen-bond donors (Lipinski definition) is 3. The second-order valence-corrected chi connectivity index (χ2v) is 8.47. The Bertz CT molecular complexity index is 912. The van der Waals surface area contributed by atoms with Gasteiger partial charge in [-0.15, -0.1) is 0 Å². The van der Waals surface area contributed by atoms with E-state index in [1.165, 1.54) is 31.0 Å². The molecule has 1 aliphatic heterocycles. The van der Waals surface area contributed by atoms with E-state index in [9.17, 15) is 4.79 Å². The minimum Gasteiger partial charge on any atom is -0.461 e. The molecule has 30 heavy (non-hydrogen) atoms. The number of hydrazine groups is 1. The molecule has 160 valence electrons. The number of carbonyl (C=O) groups excluding carboxylic acids is 1. The zero-order chi connectivity index (χ0) is 21.5. The Kier molecular flexibility index (Phi) is 7.90. The lowest BCUT2D eigenvalue weighted by atomic mass is 10.0. The van der Waals surface area contributed by atoms with Crippen LogP contribution in [-0.4, -0.2) is 25.7 Å². The van der Waals surface area contributed by atoms with Gasteiger partial charge in [-0.25, -0.2) is 4.79 Å². The molecule has 1 aliphatic rings. The highest BCUT2D eigenvalue weighted by Crippen LogP contribution is 2.34. The number of hydrogen-bond acceptors (Lipinski definition) is 7. The van der Waals surface area contributed by atoms with Crippen molar-refractivity contribution in [3.8, 4) is 11.1 Å². The highest BCUT2D eigenvalue weighted by molar-refractivity contribution is 8.03. The fraction of sp³-hybridized carbons (Fsp3) is 0.318. The van der Waals surface area contributed by atoms with Crippen LogP contribution in [0.2, 0.25) is 5.02 Å². The van der Waals surface area contributed by atoms with Gasteiger partial charge < -0.3 is 20.8 Å². The van der Waals surface area contributed by atoms with E-state index in [0.29, 0.717) is 0 Å². The lowest BCUT2D eigenvalue weighted by Gasteiger charge is -2.29. The van der Waals surface area contributed by atoms with Crippen LogP contribution in [0.4, 0.5) is 5.69 Å². The van der Waals surface area contributed by atoms with Gasteiger partial charge in [-0.2, -0.15) is 0 Å². The highest BCUT2D eigenvalue weighted by Gasteiger charge is 2.16. The van der Waals surface area contributed by atoms with Crippen molar-refractivity contribution in [3.63, 3.8) is 0 Å². The molecule has 0 atom stereocenters. The normalized spacial score (nSPS) is 14.8. The molecule has 1 saturated heterocycles. The third-order valence-corrected chi connectivity index (χ3v) is 6.16. The summed E-state index contributed by atoms with van der Waals surface area (Å²) in [6.45, 7) is 4.09. The predicted octanol–water partition coefficient (Wildman–Crippen LogP) is 4.24. The first-order valence-corrected chi connectivity index (χ1v) is 11.2. The molecule has 0 bridgehead atoms. The Balaban J connectivity index is 1.74. The third-order valence-electron chi connectivity index (χ3n) is 4.93. The Morgan fingerprint density at radius 1 is 1.13 bits per heavy atom. The lowest BCUT2D eigenvalue weighted by molar-refractivity contribution is -0.139. The van der Waals surface area contributed by atoms with E-state index in [0.717, 1.165) is 39.8 Å². The van der Waals surface area contributed by atoms with Gasteiger partial charge in [0.2, 0.25) is 0 Å². The molecule has 0 saturated carbocycles. The number of nitrogens with two attached hydrogens (primary N) is 2. The van der Waals surface area contributed by atoms with Gasteiger partial charge in [0, 0.05) is 18.0 Å². The molecule has 0 unspecified atom stereocenters. The van der Waals surface area contributed by atoms with Crippen LogP contribution in [0.5, 0.6) is 0 Å². The Morgan fingerprint density at radius 3 is 2.40 bits per heavy atom. The summed E-state index contributed by atoms with van der Waals surface area (Å²) in [5, 5.41) is 1.02. The van der Waals surface area contributed by atoms with Gasteiger partial charge in [-0.05, 0) is 61.6 Å². The molecule has 2 aromatic rings. The average molecular weight is 447 g/mol. The molecule has 6 nitrogen and oxygen atoms in total. The maximum absolute atomic E-state index is 11.9. The summed E-state index contributed by atoms with van der Waals surface area (Å²) in [5.41, 5.74) is 11.6. The van der Waals surface area contributed by atoms with Gasteiger partial charge in [-0.3, -0.25) is 5.84 Å². The Morgan fingerprint density at radius 2 is 1.80 bits per heavy atom. The van der Waals surface area contributed by atoms with E-state index >= 15 is 0 Å². The molecular weight excluding hydrogens is 420 g/mol. The summed E-state index contributed by atoms with van der Waals surface area (Å²) in [4.78, 5) is 15.1. The highest BCUT2D eigenvalue weighted by atomic mass is 35.5. The number of rotatable bonds is 7. The molecule has 0 aromatic heterocycles. The van der Waals surface area contributed by atoms with Crippen molar-refractivity contribution in [1.29, 1.82) is 0 Å². The number of esters is 1. The van der Waals surface area contributed by atoms with Crippen LogP contribution >= 0.6 is 23.4 Å². The molecule has 0 amide bonds. The van der Waals surface area contributed by atoms with Crippen LogP contribution < -0.4 is 21.9 Å².